The maximum absolute atomic E-state index is 11.9. The molecule has 0 atom stereocenters. The fourth-order valence-electron chi connectivity index (χ4n) is 2.49. The zero-order valence-electron chi connectivity index (χ0n) is 14.2. The van der Waals surface area contributed by atoms with Crippen molar-refractivity contribution in [2.75, 3.05) is 13.6 Å². The molecule has 7 nitrogen and oxygen atoms in total. The quantitative estimate of drug-likeness (QED) is 0.805. The molecule has 128 valence electrons. The van der Waals surface area contributed by atoms with Crippen LogP contribution in [0.15, 0.2) is 18.2 Å². The summed E-state index contributed by atoms with van der Waals surface area (Å²) in [5.41, 5.74) is 3.15. The highest BCUT2D eigenvalue weighted by molar-refractivity contribution is 7.71. The van der Waals surface area contributed by atoms with Gasteiger partial charge in [0.25, 0.3) is 0 Å². The number of benzene rings is 1. The van der Waals surface area contributed by atoms with Crippen molar-refractivity contribution in [1.29, 1.82) is 0 Å². The standard InChI is InChI=1S/C16H22N6OS/c1-11-4-5-12(2)14(8-11)22-16(24)21(18-19-22)10-20(3)9-15(23)17-13-6-7-13/h4-5,8,13H,6-7,9-10H2,1-3H3,(H,17,23). The van der Waals surface area contributed by atoms with Crippen molar-refractivity contribution in [3.63, 3.8) is 0 Å². The number of carbonyl (C=O) groups is 1. The van der Waals surface area contributed by atoms with Crippen LogP contribution in [0.4, 0.5) is 0 Å². The molecule has 0 aliphatic heterocycles. The number of nitrogens with one attached hydrogen (secondary N) is 1. The summed E-state index contributed by atoms with van der Waals surface area (Å²) in [6, 6.07) is 6.51. The van der Waals surface area contributed by atoms with Crippen molar-refractivity contribution in [1.82, 2.24) is 30.0 Å². The molecule has 0 spiro atoms. The van der Waals surface area contributed by atoms with Gasteiger partial charge in [0.05, 0.1) is 18.9 Å². The van der Waals surface area contributed by atoms with Gasteiger partial charge in [0, 0.05) is 6.04 Å². The third-order valence-corrected chi connectivity index (χ3v) is 4.35. The smallest absolute Gasteiger partial charge is 0.234 e. The highest BCUT2D eigenvalue weighted by atomic mass is 32.1. The summed E-state index contributed by atoms with van der Waals surface area (Å²) in [5, 5.41) is 11.3. The van der Waals surface area contributed by atoms with E-state index in [4.69, 9.17) is 12.2 Å². The zero-order chi connectivity index (χ0) is 17.3. The van der Waals surface area contributed by atoms with Crippen LogP contribution in [0.1, 0.15) is 24.0 Å². The largest absolute Gasteiger partial charge is 0.352 e. The number of aromatic nitrogens is 4. The monoisotopic (exact) mass is 346 g/mol. The van der Waals surface area contributed by atoms with Gasteiger partial charge in [-0.2, -0.15) is 4.68 Å². The molecular formula is C16H22N6OS. The summed E-state index contributed by atoms with van der Waals surface area (Å²) in [5.74, 6) is 0.0356. The van der Waals surface area contributed by atoms with E-state index in [-0.39, 0.29) is 5.91 Å². The van der Waals surface area contributed by atoms with Crippen LogP contribution in [0, 0.1) is 18.6 Å². The maximum atomic E-state index is 11.9. The molecule has 0 radical (unpaired) electrons. The second kappa shape index (κ2) is 6.82. The summed E-state index contributed by atoms with van der Waals surface area (Å²) >= 11 is 5.50. The van der Waals surface area contributed by atoms with E-state index >= 15 is 0 Å². The SMILES string of the molecule is Cc1ccc(C)c(-n2nnn(CN(C)CC(=O)NC3CC3)c2=S)c1. The third kappa shape index (κ3) is 3.88. The van der Waals surface area contributed by atoms with Crippen LogP contribution in [0.3, 0.4) is 0 Å². The fraction of sp³-hybridized carbons (Fsp3) is 0.500. The third-order valence-electron chi connectivity index (χ3n) is 3.96. The molecule has 1 N–H and O–H groups in total. The number of carbonyl (C=O) groups excluding carboxylic acids is 1. The van der Waals surface area contributed by atoms with Crippen LogP contribution in [0.2, 0.25) is 0 Å². The number of aryl methyl sites for hydroxylation is 2. The predicted molar refractivity (Wildman–Crippen MR) is 93.5 cm³/mol. The van der Waals surface area contributed by atoms with Crippen molar-refractivity contribution in [2.45, 2.75) is 39.4 Å². The fourth-order valence-corrected chi connectivity index (χ4v) is 2.72. The number of amides is 1. The summed E-state index contributed by atoms with van der Waals surface area (Å²) in [6.45, 7) is 4.78. The highest BCUT2D eigenvalue weighted by Gasteiger charge is 2.23. The van der Waals surface area contributed by atoms with Crippen LogP contribution in [-0.2, 0) is 11.5 Å². The normalized spacial score (nSPS) is 14.2. The van der Waals surface area contributed by atoms with Gasteiger partial charge in [0.2, 0.25) is 10.7 Å². The number of tetrazole rings is 1. The maximum Gasteiger partial charge on any atom is 0.234 e. The van der Waals surface area contributed by atoms with Gasteiger partial charge in [0.1, 0.15) is 0 Å². The van der Waals surface area contributed by atoms with Gasteiger partial charge in [-0.05, 0) is 73.6 Å². The first-order valence-electron chi connectivity index (χ1n) is 8.02. The van der Waals surface area contributed by atoms with E-state index in [1.807, 2.05) is 37.9 Å². The zero-order valence-corrected chi connectivity index (χ0v) is 15.0. The van der Waals surface area contributed by atoms with Gasteiger partial charge < -0.3 is 5.32 Å². The number of hydrogen-bond acceptors (Lipinski definition) is 5. The van der Waals surface area contributed by atoms with E-state index < -0.39 is 0 Å². The van der Waals surface area contributed by atoms with E-state index in [1.54, 1.807) is 9.36 Å². The molecule has 1 aromatic carbocycles. The van der Waals surface area contributed by atoms with Crippen molar-refractivity contribution in [2.24, 2.45) is 0 Å². The molecule has 1 heterocycles. The molecule has 3 rings (SSSR count). The molecule has 0 unspecified atom stereocenters. The van der Waals surface area contributed by atoms with Crippen molar-refractivity contribution >= 4 is 18.1 Å². The van der Waals surface area contributed by atoms with Crippen LogP contribution >= 0.6 is 12.2 Å². The first kappa shape index (κ1) is 16.8. The Kier molecular flexibility index (Phi) is 4.77. The Morgan fingerprint density at radius 2 is 2.12 bits per heavy atom. The Hall–Kier alpha value is -2.06. The molecule has 24 heavy (non-hydrogen) atoms. The van der Waals surface area contributed by atoms with Crippen LogP contribution < -0.4 is 5.32 Å². The number of likely N-dealkylation sites (N-methyl/N-ethyl adjacent to an activating group) is 1. The molecule has 0 bridgehead atoms. The van der Waals surface area contributed by atoms with E-state index in [0.29, 0.717) is 24.0 Å². The first-order valence-corrected chi connectivity index (χ1v) is 8.43. The Morgan fingerprint density at radius 1 is 1.38 bits per heavy atom. The molecule has 1 aromatic heterocycles. The Labute approximate surface area is 146 Å². The minimum absolute atomic E-state index is 0.0356. The Bertz CT molecular complexity index is 807. The minimum atomic E-state index is 0.0356. The van der Waals surface area contributed by atoms with Gasteiger partial charge >= 0.3 is 0 Å². The van der Waals surface area contributed by atoms with Crippen molar-refractivity contribution < 1.29 is 4.79 Å². The van der Waals surface area contributed by atoms with E-state index in [0.717, 1.165) is 29.7 Å². The summed E-state index contributed by atoms with van der Waals surface area (Å²) < 4.78 is 3.80. The molecule has 1 fully saturated rings. The predicted octanol–water partition coefficient (Wildman–Crippen LogP) is 1.58. The molecule has 1 saturated carbocycles. The lowest BCUT2D eigenvalue weighted by atomic mass is 10.1. The Morgan fingerprint density at radius 3 is 2.83 bits per heavy atom. The average Bonchev–Trinajstić information content (AvgIpc) is 3.26. The second-order valence-electron chi connectivity index (χ2n) is 6.46. The molecule has 0 saturated heterocycles. The van der Waals surface area contributed by atoms with Gasteiger partial charge in [-0.3, -0.25) is 9.69 Å². The molecule has 1 amide bonds. The lowest BCUT2D eigenvalue weighted by Crippen LogP contribution is -2.37. The van der Waals surface area contributed by atoms with Crippen LogP contribution in [0.25, 0.3) is 5.69 Å². The van der Waals surface area contributed by atoms with E-state index in [2.05, 4.69) is 21.8 Å². The van der Waals surface area contributed by atoms with Crippen molar-refractivity contribution in [3.05, 3.63) is 34.1 Å². The van der Waals surface area contributed by atoms with Crippen LogP contribution in [0.5, 0.6) is 0 Å². The van der Waals surface area contributed by atoms with Gasteiger partial charge in [-0.1, -0.05) is 12.1 Å². The molecular weight excluding hydrogens is 324 g/mol. The number of nitrogens with zero attached hydrogens (tertiary/aromatic N) is 5. The number of rotatable bonds is 6. The molecule has 2 aromatic rings. The van der Waals surface area contributed by atoms with Crippen molar-refractivity contribution in [3.8, 4) is 5.69 Å². The lowest BCUT2D eigenvalue weighted by molar-refractivity contribution is -0.122. The van der Waals surface area contributed by atoms with E-state index in [9.17, 15) is 4.79 Å². The molecule has 1 aliphatic rings. The summed E-state index contributed by atoms with van der Waals surface area (Å²) in [7, 11) is 1.87. The van der Waals surface area contributed by atoms with Gasteiger partial charge in [-0.15, -0.1) is 0 Å². The molecule has 8 heteroatoms. The topological polar surface area (TPSA) is 68.0 Å². The van der Waals surface area contributed by atoms with Gasteiger partial charge in [-0.25, -0.2) is 4.68 Å². The molecule has 1 aliphatic carbocycles. The Balaban J connectivity index is 1.71. The van der Waals surface area contributed by atoms with E-state index in [1.165, 1.54) is 0 Å². The highest BCUT2D eigenvalue weighted by Crippen LogP contribution is 2.18. The summed E-state index contributed by atoms with van der Waals surface area (Å²) in [4.78, 5) is 13.7. The lowest BCUT2D eigenvalue weighted by Gasteiger charge is -2.15. The minimum Gasteiger partial charge on any atom is -0.352 e. The second-order valence-corrected chi connectivity index (χ2v) is 6.83. The van der Waals surface area contributed by atoms with Crippen LogP contribution in [-0.4, -0.2) is 50.2 Å². The average molecular weight is 346 g/mol. The first-order chi connectivity index (χ1) is 11.4. The summed E-state index contributed by atoms with van der Waals surface area (Å²) in [6.07, 6.45) is 2.18. The van der Waals surface area contributed by atoms with Gasteiger partial charge in [0.15, 0.2) is 0 Å². The number of hydrogen-bond donors (Lipinski definition) is 1.